The van der Waals surface area contributed by atoms with E-state index in [4.69, 9.17) is 5.11 Å². The van der Waals surface area contributed by atoms with E-state index in [1.54, 1.807) is 0 Å². The Morgan fingerprint density at radius 2 is 2.08 bits per heavy atom. The van der Waals surface area contributed by atoms with Crippen LogP contribution in [0.2, 0.25) is 0 Å². The van der Waals surface area contributed by atoms with Crippen molar-refractivity contribution in [2.75, 3.05) is 0 Å². The lowest BCUT2D eigenvalue weighted by molar-refractivity contribution is 0.0696. The summed E-state index contributed by atoms with van der Waals surface area (Å²) in [7, 11) is 0. The number of pyridine rings is 1. The van der Waals surface area contributed by atoms with Crippen molar-refractivity contribution in [3.63, 3.8) is 0 Å². The maximum Gasteiger partial charge on any atom is 0.337 e. The van der Waals surface area contributed by atoms with E-state index < -0.39 is 17.3 Å². The van der Waals surface area contributed by atoms with Crippen LogP contribution in [0.25, 0.3) is 0 Å². The minimum absolute atomic E-state index is 0.107. The van der Waals surface area contributed by atoms with Crippen LogP contribution in [0.4, 0.5) is 0 Å². The number of hydrogen-bond donors (Lipinski definition) is 2. The first-order valence-electron chi connectivity index (χ1n) is 3.49. The molecule has 0 atom stereocenters. The van der Waals surface area contributed by atoms with Crippen molar-refractivity contribution in [2.45, 2.75) is 6.92 Å². The molecule has 0 aliphatic carbocycles. The molecule has 0 aromatic carbocycles. The summed E-state index contributed by atoms with van der Waals surface area (Å²) in [6.07, 6.45) is 1.05. The molecule has 0 unspecified atom stereocenters. The minimum Gasteiger partial charge on any atom is -0.478 e. The van der Waals surface area contributed by atoms with Gasteiger partial charge >= 0.3 is 5.97 Å². The van der Waals surface area contributed by atoms with Crippen molar-refractivity contribution >= 4 is 11.8 Å². The quantitative estimate of drug-likeness (QED) is 0.641. The fourth-order valence-corrected chi connectivity index (χ4v) is 0.869. The van der Waals surface area contributed by atoms with Gasteiger partial charge < -0.3 is 10.1 Å². The number of carboxylic acids is 1. The predicted molar refractivity (Wildman–Crippen MR) is 44.0 cm³/mol. The summed E-state index contributed by atoms with van der Waals surface area (Å²) >= 11 is 0. The van der Waals surface area contributed by atoms with Crippen LogP contribution in [-0.4, -0.2) is 21.8 Å². The molecule has 1 rings (SSSR count). The molecule has 0 saturated carbocycles. The standard InChI is InChI=1S/C8H7NO4/c1-4(10)6-2-5(8(12)13)3-9-7(6)11/h2-3H,1H3,(H,9,11)(H,12,13). The van der Waals surface area contributed by atoms with Crippen molar-refractivity contribution in [2.24, 2.45) is 0 Å². The summed E-state index contributed by atoms with van der Waals surface area (Å²) < 4.78 is 0. The maximum atomic E-state index is 11.0. The van der Waals surface area contributed by atoms with Gasteiger partial charge in [0.1, 0.15) is 0 Å². The molecule has 0 amide bonds. The third-order valence-electron chi connectivity index (χ3n) is 1.53. The molecule has 1 heterocycles. The molecule has 0 radical (unpaired) electrons. The topological polar surface area (TPSA) is 87.2 Å². The summed E-state index contributed by atoms with van der Waals surface area (Å²) in [5.74, 6) is -1.64. The van der Waals surface area contributed by atoms with E-state index in [-0.39, 0.29) is 11.1 Å². The molecular weight excluding hydrogens is 174 g/mol. The maximum absolute atomic E-state index is 11.0. The van der Waals surface area contributed by atoms with Gasteiger partial charge in [0.2, 0.25) is 0 Å². The molecule has 1 aromatic rings. The first-order chi connectivity index (χ1) is 6.02. The summed E-state index contributed by atoms with van der Waals surface area (Å²) in [4.78, 5) is 34.4. The fourth-order valence-electron chi connectivity index (χ4n) is 0.869. The van der Waals surface area contributed by atoms with Gasteiger partial charge in [-0.1, -0.05) is 0 Å². The first-order valence-corrected chi connectivity index (χ1v) is 3.49. The monoisotopic (exact) mass is 181 g/mol. The lowest BCUT2D eigenvalue weighted by Crippen LogP contribution is -2.17. The van der Waals surface area contributed by atoms with Gasteiger partial charge in [0.15, 0.2) is 5.78 Å². The molecular formula is C8H7NO4. The fraction of sp³-hybridized carbons (Fsp3) is 0.125. The molecule has 0 fully saturated rings. The van der Waals surface area contributed by atoms with Crippen LogP contribution in [0.5, 0.6) is 0 Å². The first kappa shape index (κ1) is 9.18. The Kier molecular flexibility index (Phi) is 2.27. The highest BCUT2D eigenvalue weighted by atomic mass is 16.4. The second-order valence-corrected chi connectivity index (χ2v) is 2.49. The normalized spacial score (nSPS) is 9.62. The van der Waals surface area contributed by atoms with Gasteiger partial charge in [-0.15, -0.1) is 0 Å². The van der Waals surface area contributed by atoms with Crippen molar-refractivity contribution < 1.29 is 14.7 Å². The van der Waals surface area contributed by atoms with E-state index >= 15 is 0 Å². The van der Waals surface area contributed by atoms with Gasteiger partial charge in [-0.05, 0) is 13.0 Å². The van der Waals surface area contributed by atoms with Gasteiger partial charge in [0.25, 0.3) is 5.56 Å². The van der Waals surface area contributed by atoms with Crippen molar-refractivity contribution in [3.05, 3.63) is 33.7 Å². The zero-order chi connectivity index (χ0) is 10.0. The van der Waals surface area contributed by atoms with Gasteiger partial charge in [-0.3, -0.25) is 9.59 Å². The van der Waals surface area contributed by atoms with Crippen LogP contribution in [0.15, 0.2) is 17.1 Å². The molecule has 1 aromatic heterocycles. The van der Waals surface area contributed by atoms with E-state index in [0.717, 1.165) is 12.3 Å². The Bertz CT molecular complexity index is 418. The SMILES string of the molecule is CC(=O)c1cc(C(=O)O)c[nH]c1=O. The number of rotatable bonds is 2. The van der Waals surface area contributed by atoms with E-state index in [2.05, 4.69) is 4.98 Å². The van der Waals surface area contributed by atoms with E-state index in [1.807, 2.05) is 0 Å². The van der Waals surface area contributed by atoms with E-state index in [0.29, 0.717) is 0 Å². The lowest BCUT2D eigenvalue weighted by atomic mass is 10.1. The number of carbonyl (C=O) groups excluding carboxylic acids is 1. The average molecular weight is 181 g/mol. The molecule has 5 nitrogen and oxygen atoms in total. The molecule has 13 heavy (non-hydrogen) atoms. The van der Waals surface area contributed by atoms with Crippen molar-refractivity contribution in [1.82, 2.24) is 4.98 Å². The van der Waals surface area contributed by atoms with Gasteiger partial charge in [0, 0.05) is 6.20 Å². The highest BCUT2D eigenvalue weighted by Gasteiger charge is 2.09. The third-order valence-corrected chi connectivity index (χ3v) is 1.53. The second kappa shape index (κ2) is 3.22. The Morgan fingerprint density at radius 1 is 1.46 bits per heavy atom. The molecule has 0 bridgehead atoms. The van der Waals surface area contributed by atoms with Crippen LogP contribution in [-0.2, 0) is 0 Å². The van der Waals surface area contributed by atoms with Gasteiger partial charge in [0.05, 0.1) is 11.1 Å². The number of hydrogen-bond acceptors (Lipinski definition) is 3. The Hall–Kier alpha value is -1.91. The summed E-state index contributed by atoms with van der Waals surface area (Å²) in [6, 6.07) is 1.06. The largest absolute Gasteiger partial charge is 0.478 e. The smallest absolute Gasteiger partial charge is 0.337 e. The number of carboxylic acid groups (broad SMARTS) is 1. The molecule has 68 valence electrons. The molecule has 0 saturated heterocycles. The van der Waals surface area contributed by atoms with Crippen molar-refractivity contribution in [3.8, 4) is 0 Å². The number of carbonyl (C=O) groups is 2. The molecule has 0 spiro atoms. The summed E-state index contributed by atoms with van der Waals surface area (Å²) in [5, 5.41) is 8.55. The Morgan fingerprint density at radius 3 is 2.54 bits per heavy atom. The number of aromatic nitrogens is 1. The van der Waals surface area contributed by atoms with Gasteiger partial charge in [-0.25, -0.2) is 4.79 Å². The van der Waals surface area contributed by atoms with Crippen LogP contribution in [0.3, 0.4) is 0 Å². The molecule has 5 heteroatoms. The van der Waals surface area contributed by atoms with Crippen LogP contribution >= 0.6 is 0 Å². The van der Waals surface area contributed by atoms with E-state index in [1.165, 1.54) is 6.92 Å². The lowest BCUT2D eigenvalue weighted by Gasteiger charge is -1.96. The second-order valence-electron chi connectivity index (χ2n) is 2.49. The third kappa shape index (κ3) is 1.81. The molecule has 2 N–H and O–H groups in total. The molecule has 0 aliphatic heterocycles. The van der Waals surface area contributed by atoms with Gasteiger partial charge in [-0.2, -0.15) is 0 Å². The number of H-pyrrole nitrogens is 1. The number of aromatic carboxylic acids is 1. The highest BCUT2D eigenvalue weighted by molar-refractivity contribution is 5.96. The van der Waals surface area contributed by atoms with Crippen molar-refractivity contribution in [1.29, 1.82) is 0 Å². The zero-order valence-corrected chi connectivity index (χ0v) is 6.83. The Labute approximate surface area is 73.0 Å². The number of ketones is 1. The van der Waals surface area contributed by atoms with Crippen LogP contribution in [0, 0.1) is 0 Å². The highest BCUT2D eigenvalue weighted by Crippen LogP contribution is 1.98. The summed E-state index contributed by atoms with van der Waals surface area (Å²) in [6.45, 7) is 1.20. The summed E-state index contributed by atoms with van der Waals surface area (Å²) in [5.41, 5.74) is -0.817. The zero-order valence-electron chi connectivity index (χ0n) is 6.83. The number of Topliss-reactive ketones (excluding diaryl/α,β-unsaturated/α-hetero) is 1. The minimum atomic E-state index is -1.18. The van der Waals surface area contributed by atoms with E-state index in [9.17, 15) is 14.4 Å². The number of aromatic amines is 1. The number of nitrogens with one attached hydrogen (secondary N) is 1. The molecule has 0 aliphatic rings. The van der Waals surface area contributed by atoms with Crippen LogP contribution < -0.4 is 5.56 Å². The van der Waals surface area contributed by atoms with Crippen LogP contribution in [0.1, 0.15) is 27.6 Å². The Balaban J connectivity index is 3.35. The predicted octanol–water partition coefficient (Wildman–Crippen LogP) is 0.276. The average Bonchev–Trinajstić information content (AvgIpc) is 2.04.